The third-order valence-corrected chi connectivity index (χ3v) is 3.20. The first-order valence-electron chi connectivity index (χ1n) is 3.86. The van der Waals surface area contributed by atoms with Crippen LogP contribution >= 0.6 is 22.9 Å². The highest BCUT2D eigenvalue weighted by Gasteiger charge is 2.05. The maximum absolute atomic E-state index is 6.01. The summed E-state index contributed by atoms with van der Waals surface area (Å²) in [6.45, 7) is 0. The second-order valence-corrected chi connectivity index (χ2v) is 4.03. The average Bonchev–Trinajstić information content (AvgIpc) is 2.66. The minimum atomic E-state index is 0.566. The molecule has 64 valence electrons. The second-order valence-electron chi connectivity index (χ2n) is 2.78. The van der Waals surface area contributed by atoms with E-state index >= 15 is 0 Å². The normalized spacial score (nSPS) is 11.5. The zero-order valence-electron chi connectivity index (χ0n) is 6.57. The van der Waals surface area contributed by atoms with Crippen molar-refractivity contribution in [3.8, 4) is 0 Å². The Bertz CT molecular complexity index is 581. The van der Waals surface area contributed by atoms with Crippen LogP contribution in [0, 0.1) is 0 Å². The molecule has 0 N–H and O–H groups in total. The number of hydrogen-bond acceptors (Lipinski definition) is 2. The Morgan fingerprint density at radius 2 is 2.31 bits per heavy atom. The van der Waals surface area contributed by atoms with E-state index in [1.165, 1.54) is 0 Å². The van der Waals surface area contributed by atoms with Crippen LogP contribution in [0.3, 0.4) is 0 Å². The topological polar surface area (TPSA) is 17.3 Å². The number of rotatable bonds is 0. The van der Waals surface area contributed by atoms with Crippen molar-refractivity contribution in [2.24, 2.45) is 0 Å². The highest BCUT2D eigenvalue weighted by molar-refractivity contribution is 7.16. The molecule has 0 spiro atoms. The van der Waals surface area contributed by atoms with Gasteiger partial charge in [0.25, 0.3) is 0 Å². The number of nitrogens with zero attached hydrogens (tertiary/aromatic N) is 2. The monoisotopic (exact) mass is 208 g/mol. The maximum Gasteiger partial charge on any atom is 0.153 e. The van der Waals surface area contributed by atoms with E-state index in [0.717, 1.165) is 15.9 Å². The molecule has 3 rings (SSSR count). The fraction of sp³-hybridized carbons (Fsp3) is 0. The number of halogens is 1. The van der Waals surface area contributed by atoms with Crippen molar-refractivity contribution in [1.82, 2.24) is 9.38 Å². The Morgan fingerprint density at radius 1 is 1.38 bits per heavy atom. The summed E-state index contributed by atoms with van der Waals surface area (Å²) < 4.78 is 2.06. The SMILES string of the molecule is Clc1nc2ccsc2n2cccc12. The molecule has 2 nitrogen and oxygen atoms in total. The van der Waals surface area contributed by atoms with Gasteiger partial charge < -0.3 is 4.40 Å². The summed E-state index contributed by atoms with van der Waals surface area (Å²) in [6.07, 6.45) is 2.00. The number of thiophene rings is 1. The molecule has 0 saturated heterocycles. The van der Waals surface area contributed by atoms with E-state index in [1.807, 2.05) is 29.8 Å². The van der Waals surface area contributed by atoms with E-state index in [1.54, 1.807) is 11.3 Å². The van der Waals surface area contributed by atoms with Gasteiger partial charge in [-0.3, -0.25) is 0 Å². The summed E-state index contributed by atoms with van der Waals surface area (Å²) >= 11 is 7.68. The quantitative estimate of drug-likeness (QED) is 0.555. The molecule has 0 aliphatic heterocycles. The predicted molar refractivity (Wildman–Crippen MR) is 55.6 cm³/mol. The number of fused-ring (bicyclic) bond motifs is 3. The van der Waals surface area contributed by atoms with Gasteiger partial charge in [-0.2, -0.15) is 0 Å². The lowest BCUT2D eigenvalue weighted by Crippen LogP contribution is -1.86. The van der Waals surface area contributed by atoms with Crippen molar-refractivity contribution >= 4 is 38.8 Å². The van der Waals surface area contributed by atoms with E-state index in [2.05, 4.69) is 9.38 Å². The van der Waals surface area contributed by atoms with Crippen LogP contribution in [0.15, 0.2) is 29.8 Å². The molecule has 0 aliphatic rings. The number of aromatic nitrogens is 2. The summed E-state index contributed by atoms with van der Waals surface area (Å²) in [5, 5.41) is 2.59. The van der Waals surface area contributed by atoms with Gasteiger partial charge in [-0.25, -0.2) is 4.98 Å². The zero-order valence-corrected chi connectivity index (χ0v) is 8.14. The van der Waals surface area contributed by atoms with Crippen LogP contribution in [0.5, 0.6) is 0 Å². The average molecular weight is 209 g/mol. The highest BCUT2D eigenvalue weighted by atomic mass is 35.5. The molecule has 3 aromatic rings. The lowest BCUT2D eigenvalue weighted by atomic mass is 10.5. The van der Waals surface area contributed by atoms with Crippen LogP contribution in [-0.2, 0) is 0 Å². The molecule has 0 aliphatic carbocycles. The molecule has 3 aromatic heterocycles. The third kappa shape index (κ3) is 0.913. The summed E-state index contributed by atoms with van der Waals surface area (Å²) in [5.74, 6) is 0. The van der Waals surface area contributed by atoms with Gasteiger partial charge in [-0.05, 0) is 23.6 Å². The molecule has 0 amide bonds. The molecule has 0 unspecified atom stereocenters. The first-order chi connectivity index (χ1) is 6.36. The van der Waals surface area contributed by atoms with Crippen LogP contribution < -0.4 is 0 Å². The molecular formula is C9H5ClN2S. The standard InChI is InChI=1S/C9H5ClN2S/c10-8-7-2-1-4-12(7)9-6(11-8)3-5-13-9/h1-5H. The fourth-order valence-corrected chi connectivity index (χ4v) is 2.53. The van der Waals surface area contributed by atoms with E-state index in [-0.39, 0.29) is 0 Å². The van der Waals surface area contributed by atoms with Gasteiger partial charge in [-0.1, -0.05) is 11.6 Å². The van der Waals surface area contributed by atoms with Gasteiger partial charge in [0.15, 0.2) is 5.15 Å². The van der Waals surface area contributed by atoms with Crippen LogP contribution in [0.25, 0.3) is 15.9 Å². The Kier molecular flexibility index (Phi) is 1.39. The molecule has 0 atom stereocenters. The summed E-state index contributed by atoms with van der Waals surface area (Å²) in [4.78, 5) is 5.43. The Hall–Kier alpha value is -1.06. The minimum Gasteiger partial charge on any atom is -0.304 e. The van der Waals surface area contributed by atoms with Gasteiger partial charge in [-0.15, -0.1) is 11.3 Å². The van der Waals surface area contributed by atoms with Crippen molar-refractivity contribution < 1.29 is 0 Å². The smallest absolute Gasteiger partial charge is 0.153 e. The van der Waals surface area contributed by atoms with Crippen LogP contribution in [-0.4, -0.2) is 9.38 Å². The van der Waals surface area contributed by atoms with Crippen molar-refractivity contribution in [3.63, 3.8) is 0 Å². The van der Waals surface area contributed by atoms with Crippen molar-refractivity contribution in [2.75, 3.05) is 0 Å². The zero-order chi connectivity index (χ0) is 8.84. The fourth-order valence-electron chi connectivity index (χ4n) is 1.45. The van der Waals surface area contributed by atoms with Crippen molar-refractivity contribution in [1.29, 1.82) is 0 Å². The van der Waals surface area contributed by atoms with E-state index in [4.69, 9.17) is 11.6 Å². The Labute approximate surface area is 83.4 Å². The molecule has 0 radical (unpaired) electrons. The lowest BCUT2D eigenvalue weighted by Gasteiger charge is -1.98. The van der Waals surface area contributed by atoms with Crippen molar-refractivity contribution in [2.45, 2.75) is 0 Å². The summed E-state index contributed by atoms with van der Waals surface area (Å²) in [6, 6.07) is 5.92. The maximum atomic E-state index is 6.01. The highest BCUT2D eigenvalue weighted by Crippen LogP contribution is 2.25. The van der Waals surface area contributed by atoms with Gasteiger partial charge in [0.1, 0.15) is 10.3 Å². The van der Waals surface area contributed by atoms with Gasteiger partial charge >= 0.3 is 0 Å². The van der Waals surface area contributed by atoms with E-state index in [9.17, 15) is 0 Å². The molecule has 0 bridgehead atoms. The lowest BCUT2D eigenvalue weighted by molar-refractivity contribution is 1.25. The molecule has 0 aromatic carbocycles. The first kappa shape index (κ1) is 7.35. The largest absolute Gasteiger partial charge is 0.304 e. The van der Waals surface area contributed by atoms with Crippen LogP contribution in [0.1, 0.15) is 0 Å². The third-order valence-electron chi connectivity index (χ3n) is 2.02. The Morgan fingerprint density at radius 3 is 3.23 bits per heavy atom. The molecule has 3 heterocycles. The molecule has 4 heteroatoms. The number of hydrogen-bond donors (Lipinski definition) is 0. The van der Waals surface area contributed by atoms with Crippen molar-refractivity contribution in [3.05, 3.63) is 34.9 Å². The van der Waals surface area contributed by atoms with Crippen LogP contribution in [0.4, 0.5) is 0 Å². The summed E-state index contributed by atoms with van der Waals surface area (Å²) in [7, 11) is 0. The van der Waals surface area contributed by atoms with E-state index < -0.39 is 0 Å². The molecule has 0 fully saturated rings. The van der Waals surface area contributed by atoms with Gasteiger partial charge in [0, 0.05) is 6.20 Å². The van der Waals surface area contributed by atoms with E-state index in [0.29, 0.717) is 5.15 Å². The second kappa shape index (κ2) is 2.47. The van der Waals surface area contributed by atoms with Gasteiger partial charge in [0.05, 0.1) is 5.52 Å². The van der Waals surface area contributed by atoms with Crippen LogP contribution in [0.2, 0.25) is 5.15 Å². The first-order valence-corrected chi connectivity index (χ1v) is 5.12. The molecule has 0 saturated carbocycles. The summed E-state index contributed by atoms with van der Waals surface area (Å²) in [5.41, 5.74) is 1.93. The minimum absolute atomic E-state index is 0.566. The predicted octanol–water partition coefficient (Wildman–Crippen LogP) is 3.20. The Balaban J connectivity index is 2.70. The molecular weight excluding hydrogens is 204 g/mol. The van der Waals surface area contributed by atoms with Gasteiger partial charge in [0.2, 0.25) is 0 Å². The molecule has 13 heavy (non-hydrogen) atoms.